The molecule has 0 saturated carbocycles. The molecule has 0 amide bonds. The van der Waals surface area contributed by atoms with E-state index in [9.17, 15) is 0 Å². The Kier molecular flexibility index (Phi) is 4.94. The number of nitrogens with zero attached hydrogens (tertiary/aromatic N) is 2. The van der Waals surface area contributed by atoms with Crippen molar-refractivity contribution < 1.29 is 0 Å². The number of hydrogen-bond donors (Lipinski definition) is 1. The lowest BCUT2D eigenvalue weighted by atomic mass is 9.94. The van der Waals surface area contributed by atoms with E-state index < -0.39 is 0 Å². The fourth-order valence-electron chi connectivity index (χ4n) is 2.84. The van der Waals surface area contributed by atoms with Crippen molar-refractivity contribution in [2.45, 2.75) is 40.0 Å². The van der Waals surface area contributed by atoms with Crippen molar-refractivity contribution in [1.29, 1.82) is 5.41 Å². The standard InChI is InChI=1S/C17H25N3/c1-4-15-7-10-20(11-8-15)13(2)12-17(18)16-6-5-9-19-14(16)3/h5-6,9,12,15,18H,4,7-8,10-11H2,1-3H3/b13-12+,18-17?. The largest absolute Gasteiger partial charge is 0.375 e. The van der Waals surface area contributed by atoms with E-state index in [-0.39, 0.29) is 0 Å². The van der Waals surface area contributed by atoms with E-state index in [0.717, 1.165) is 30.3 Å². The van der Waals surface area contributed by atoms with Crippen LogP contribution in [0.1, 0.15) is 44.4 Å². The molecule has 1 N–H and O–H groups in total. The van der Waals surface area contributed by atoms with Crippen LogP contribution in [0.3, 0.4) is 0 Å². The Bertz CT molecular complexity index is 497. The maximum Gasteiger partial charge on any atom is 0.0647 e. The number of likely N-dealkylation sites (tertiary alicyclic amines) is 1. The third kappa shape index (κ3) is 3.47. The van der Waals surface area contributed by atoms with Crippen molar-refractivity contribution >= 4 is 5.71 Å². The molecule has 0 unspecified atom stereocenters. The second-order valence-electron chi connectivity index (χ2n) is 5.67. The number of allylic oxidation sites excluding steroid dienone is 2. The van der Waals surface area contributed by atoms with Crippen LogP contribution in [-0.4, -0.2) is 28.7 Å². The average molecular weight is 271 g/mol. The molecule has 1 aromatic rings. The van der Waals surface area contributed by atoms with Crippen LogP contribution in [0.25, 0.3) is 0 Å². The molecule has 20 heavy (non-hydrogen) atoms. The number of aryl methyl sites for hydroxylation is 1. The molecule has 3 nitrogen and oxygen atoms in total. The molecule has 3 heteroatoms. The SMILES string of the molecule is CCC1CCN(/C(C)=C/C(=N)c2cccnc2C)CC1. The number of aromatic nitrogens is 1. The maximum atomic E-state index is 8.25. The second-order valence-corrected chi connectivity index (χ2v) is 5.67. The van der Waals surface area contributed by atoms with Crippen LogP contribution in [0.5, 0.6) is 0 Å². The molecular weight excluding hydrogens is 246 g/mol. The third-order valence-corrected chi connectivity index (χ3v) is 4.34. The number of rotatable bonds is 4. The summed E-state index contributed by atoms with van der Waals surface area (Å²) < 4.78 is 0. The lowest BCUT2D eigenvalue weighted by Gasteiger charge is -2.33. The van der Waals surface area contributed by atoms with Crippen LogP contribution in [0.15, 0.2) is 30.1 Å². The highest BCUT2D eigenvalue weighted by Gasteiger charge is 2.18. The minimum atomic E-state index is 0.561. The molecule has 0 atom stereocenters. The quantitative estimate of drug-likeness (QED) is 0.846. The Morgan fingerprint density at radius 2 is 2.15 bits per heavy atom. The topological polar surface area (TPSA) is 40.0 Å². The first-order valence-electron chi connectivity index (χ1n) is 7.55. The fraction of sp³-hybridized carbons (Fsp3) is 0.529. The number of piperidine rings is 1. The third-order valence-electron chi connectivity index (χ3n) is 4.34. The Labute approximate surface area is 122 Å². The van der Waals surface area contributed by atoms with E-state index in [1.165, 1.54) is 25.0 Å². The normalized spacial score (nSPS) is 17.4. The summed E-state index contributed by atoms with van der Waals surface area (Å²) in [6, 6.07) is 3.87. The zero-order valence-corrected chi connectivity index (χ0v) is 12.8. The van der Waals surface area contributed by atoms with Gasteiger partial charge in [-0.15, -0.1) is 0 Å². The van der Waals surface area contributed by atoms with Gasteiger partial charge in [-0.1, -0.05) is 13.3 Å². The van der Waals surface area contributed by atoms with Gasteiger partial charge in [0.25, 0.3) is 0 Å². The molecule has 0 radical (unpaired) electrons. The van der Waals surface area contributed by atoms with Crippen LogP contribution >= 0.6 is 0 Å². The molecule has 2 heterocycles. The number of nitrogens with one attached hydrogen (secondary N) is 1. The Hall–Kier alpha value is -1.64. The molecular formula is C17H25N3. The van der Waals surface area contributed by atoms with E-state index in [2.05, 4.69) is 23.7 Å². The van der Waals surface area contributed by atoms with Crippen molar-refractivity contribution in [3.63, 3.8) is 0 Å². The van der Waals surface area contributed by atoms with E-state index >= 15 is 0 Å². The minimum Gasteiger partial charge on any atom is -0.375 e. The molecule has 1 saturated heterocycles. The summed E-state index contributed by atoms with van der Waals surface area (Å²) in [5.74, 6) is 0.888. The highest BCUT2D eigenvalue weighted by Crippen LogP contribution is 2.22. The second kappa shape index (κ2) is 6.69. The van der Waals surface area contributed by atoms with Gasteiger partial charge in [-0.3, -0.25) is 4.98 Å². The number of hydrogen-bond acceptors (Lipinski definition) is 3. The van der Waals surface area contributed by atoms with Crippen molar-refractivity contribution in [2.75, 3.05) is 13.1 Å². The van der Waals surface area contributed by atoms with Crippen LogP contribution in [-0.2, 0) is 0 Å². The summed E-state index contributed by atoms with van der Waals surface area (Å²) in [5, 5.41) is 8.25. The van der Waals surface area contributed by atoms with Crippen molar-refractivity contribution in [3.8, 4) is 0 Å². The van der Waals surface area contributed by atoms with Gasteiger partial charge in [-0.2, -0.15) is 0 Å². The van der Waals surface area contributed by atoms with Crippen LogP contribution in [0.4, 0.5) is 0 Å². The molecule has 0 aliphatic carbocycles. The van der Waals surface area contributed by atoms with E-state index in [0.29, 0.717) is 5.71 Å². The number of pyridine rings is 1. The first kappa shape index (κ1) is 14.8. The molecule has 2 rings (SSSR count). The van der Waals surface area contributed by atoms with Crippen molar-refractivity contribution in [1.82, 2.24) is 9.88 Å². The van der Waals surface area contributed by atoms with Gasteiger partial charge in [0.2, 0.25) is 0 Å². The first-order valence-corrected chi connectivity index (χ1v) is 7.55. The van der Waals surface area contributed by atoms with Gasteiger partial charge in [0.1, 0.15) is 0 Å². The molecule has 0 aromatic carbocycles. The lowest BCUT2D eigenvalue weighted by molar-refractivity contribution is 0.223. The summed E-state index contributed by atoms with van der Waals surface area (Å²) in [4.78, 5) is 6.67. The molecule has 1 aliphatic rings. The summed E-state index contributed by atoms with van der Waals surface area (Å²) in [6.45, 7) is 8.61. The summed E-state index contributed by atoms with van der Waals surface area (Å²) in [7, 11) is 0. The van der Waals surface area contributed by atoms with Gasteiger partial charge < -0.3 is 10.3 Å². The monoisotopic (exact) mass is 271 g/mol. The minimum absolute atomic E-state index is 0.561. The molecule has 0 spiro atoms. The van der Waals surface area contributed by atoms with Crippen molar-refractivity contribution in [3.05, 3.63) is 41.4 Å². The Morgan fingerprint density at radius 3 is 2.75 bits per heavy atom. The van der Waals surface area contributed by atoms with E-state index in [1.807, 2.05) is 25.1 Å². The van der Waals surface area contributed by atoms with Gasteiger partial charge >= 0.3 is 0 Å². The van der Waals surface area contributed by atoms with Gasteiger partial charge in [-0.25, -0.2) is 0 Å². The predicted molar refractivity (Wildman–Crippen MR) is 84.1 cm³/mol. The van der Waals surface area contributed by atoms with Crippen LogP contribution in [0.2, 0.25) is 0 Å². The van der Waals surface area contributed by atoms with E-state index in [1.54, 1.807) is 6.20 Å². The Balaban J connectivity index is 2.04. The van der Waals surface area contributed by atoms with Gasteiger partial charge in [0, 0.05) is 36.2 Å². The molecule has 0 bridgehead atoms. The zero-order chi connectivity index (χ0) is 14.5. The van der Waals surface area contributed by atoms with Gasteiger partial charge in [-0.05, 0) is 50.8 Å². The molecule has 1 aliphatic heterocycles. The van der Waals surface area contributed by atoms with Crippen LogP contribution in [0, 0.1) is 18.3 Å². The summed E-state index contributed by atoms with van der Waals surface area (Å²) in [5.41, 5.74) is 3.61. The molecule has 1 fully saturated rings. The highest BCUT2D eigenvalue weighted by atomic mass is 15.1. The highest BCUT2D eigenvalue weighted by molar-refractivity contribution is 6.07. The molecule has 1 aromatic heterocycles. The smallest absolute Gasteiger partial charge is 0.0647 e. The summed E-state index contributed by atoms with van der Waals surface area (Å²) in [6.07, 6.45) is 7.61. The molecule has 108 valence electrons. The van der Waals surface area contributed by atoms with Crippen molar-refractivity contribution in [2.24, 2.45) is 5.92 Å². The predicted octanol–water partition coefficient (Wildman–Crippen LogP) is 3.78. The van der Waals surface area contributed by atoms with E-state index in [4.69, 9.17) is 5.41 Å². The Morgan fingerprint density at radius 1 is 1.45 bits per heavy atom. The summed E-state index contributed by atoms with van der Waals surface area (Å²) >= 11 is 0. The average Bonchev–Trinajstić information content (AvgIpc) is 2.47. The maximum absolute atomic E-state index is 8.25. The van der Waals surface area contributed by atoms with Gasteiger partial charge in [0.15, 0.2) is 0 Å². The van der Waals surface area contributed by atoms with Gasteiger partial charge in [0.05, 0.1) is 5.71 Å². The lowest BCUT2D eigenvalue weighted by Crippen LogP contribution is -2.32. The zero-order valence-electron chi connectivity index (χ0n) is 12.8. The fourth-order valence-corrected chi connectivity index (χ4v) is 2.84. The first-order chi connectivity index (χ1) is 9.61. The van der Waals surface area contributed by atoms with Crippen LogP contribution < -0.4 is 0 Å².